The molecule has 128 valence electrons. The van der Waals surface area contributed by atoms with Gasteiger partial charge in [-0.15, -0.1) is 0 Å². The number of benzene rings is 2. The summed E-state index contributed by atoms with van der Waals surface area (Å²) in [6.07, 6.45) is 0. The highest BCUT2D eigenvalue weighted by Gasteiger charge is 2.19. The number of nitrogens with zero attached hydrogens (tertiary/aromatic N) is 2. The SMILES string of the molecule is CC(C)CNC(=O)c1ccccc1-c1nc(-c2ccccc2F)no1. The smallest absolute Gasteiger partial charge is 0.259 e. The summed E-state index contributed by atoms with van der Waals surface area (Å²) in [6.45, 7) is 4.60. The van der Waals surface area contributed by atoms with Crippen LogP contribution in [0.25, 0.3) is 22.8 Å². The minimum Gasteiger partial charge on any atom is -0.352 e. The number of hydrogen-bond donors (Lipinski definition) is 1. The average molecular weight is 339 g/mol. The largest absolute Gasteiger partial charge is 0.352 e. The van der Waals surface area contributed by atoms with Crippen molar-refractivity contribution in [2.45, 2.75) is 13.8 Å². The first-order chi connectivity index (χ1) is 12.1. The van der Waals surface area contributed by atoms with E-state index in [0.717, 1.165) is 0 Å². The van der Waals surface area contributed by atoms with Gasteiger partial charge in [0.05, 0.1) is 16.7 Å². The highest BCUT2D eigenvalue weighted by Crippen LogP contribution is 2.26. The lowest BCUT2D eigenvalue weighted by Gasteiger charge is -2.09. The summed E-state index contributed by atoms with van der Waals surface area (Å²) in [6, 6.07) is 13.2. The van der Waals surface area contributed by atoms with Gasteiger partial charge in [0.25, 0.3) is 11.8 Å². The van der Waals surface area contributed by atoms with Crippen LogP contribution in [0.3, 0.4) is 0 Å². The molecule has 0 fully saturated rings. The van der Waals surface area contributed by atoms with E-state index in [1.807, 2.05) is 13.8 Å². The van der Waals surface area contributed by atoms with Gasteiger partial charge in [-0.25, -0.2) is 4.39 Å². The van der Waals surface area contributed by atoms with Gasteiger partial charge in [0.15, 0.2) is 0 Å². The molecular weight excluding hydrogens is 321 g/mol. The summed E-state index contributed by atoms with van der Waals surface area (Å²) in [5, 5.41) is 6.71. The lowest BCUT2D eigenvalue weighted by molar-refractivity contribution is 0.0949. The Morgan fingerprint density at radius 3 is 2.52 bits per heavy atom. The van der Waals surface area contributed by atoms with E-state index < -0.39 is 5.82 Å². The molecule has 0 radical (unpaired) electrons. The van der Waals surface area contributed by atoms with Crippen LogP contribution in [-0.2, 0) is 0 Å². The van der Waals surface area contributed by atoms with E-state index in [-0.39, 0.29) is 23.2 Å². The van der Waals surface area contributed by atoms with E-state index in [9.17, 15) is 9.18 Å². The van der Waals surface area contributed by atoms with Crippen molar-refractivity contribution >= 4 is 5.91 Å². The van der Waals surface area contributed by atoms with Gasteiger partial charge in [-0.05, 0) is 30.2 Å². The number of carbonyl (C=O) groups is 1. The monoisotopic (exact) mass is 339 g/mol. The number of rotatable bonds is 5. The highest BCUT2D eigenvalue weighted by molar-refractivity contribution is 6.00. The van der Waals surface area contributed by atoms with Crippen molar-refractivity contribution in [1.82, 2.24) is 15.5 Å². The molecule has 5 nitrogen and oxygen atoms in total. The molecule has 25 heavy (non-hydrogen) atoms. The van der Waals surface area contributed by atoms with Gasteiger partial charge < -0.3 is 9.84 Å². The van der Waals surface area contributed by atoms with Crippen molar-refractivity contribution < 1.29 is 13.7 Å². The van der Waals surface area contributed by atoms with E-state index in [4.69, 9.17) is 4.52 Å². The average Bonchev–Trinajstić information content (AvgIpc) is 3.09. The molecule has 0 bridgehead atoms. The normalized spacial score (nSPS) is 10.9. The first-order valence-electron chi connectivity index (χ1n) is 8.02. The Labute approximate surface area is 144 Å². The van der Waals surface area contributed by atoms with Crippen LogP contribution in [0.2, 0.25) is 0 Å². The second kappa shape index (κ2) is 7.25. The predicted molar refractivity (Wildman–Crippen MR) is 92.3 cm³/mol. The molecule has 3 rings (SSSR count). The van der Waals surface area contributed by atoms with Gasteiger partial charge >= 0.3 is 0 Å². The fourth-order valence-electron chi connectivity index (χ4n) is 2.34. The third kappa shape index (κ3) is 3.74. The summed E-state index contributed by atoms with van der Waals surface area (Å²) in [7, 11) is 0. The minimum atomic E-state index is -0.433. The van der Waals surface area contributed by atoms with Gasteiger partial charge in [-0.2, -0.15) is 4.98 Å². The molecule has 0 saturated carbocycles. The fraction of sp³-hybridized carbons (Fsp3) is 0.211. The zero-order valence-corrected chi connectivity index (χ0v) is 14.0. The van der Waals surface area contributed by atoms with Crippen molar-refractivity contribution in [3.63, 3.8) is 0 Å². The summed E-state index contributed by atoms with van der Waals surface area (Å²) < 4.78 is 19.2. The number of nitrogens with one attached hydrogen (secondary N) is 1. The minimum absolute atomic E-state index is 0.144. The molecule has 0 atom stereocenters. The second-order valence-corrected chi connectivity index (χ2v) is 6.05. The van der Waals surface area contributed by atoms with Crippen LogP contribution in [0.5, 0.6) is 0 Å². The maximum atomic E-state index is 13.9. The lowest BCUT2D eigenvalue weighted by Crippen LogP contribution is -2.27. The Morgan fingerprint density at radius 2 is 1.80 bits per heavy atom. The molecule has 0 aliphatic heterocycles. The molecule has 0 aliphatic carbocycles. The molecule has 2 aromatic carbocycles. The molecule has 3 aromatic rings. The summed E-state index contributed by atoms with van der Waals surface area (Å²) in [4.78, 5) is 16.7. The van der Waals surface area contributed by atoms with Crippen LogP contribution >= 0.6 is 0 Å². The van der Waals surface area contributed by atoms with Crippen molar-refractivity contribution in [1.29, 1.82) is 0 Å². The third-order valence-corrected chi connectivity index (χ3v) is 3.61. The van der Waals surface area contributed by atoms with Crippen molar-refractivity contribution in [2.75, 3.05) is 6.54 Å². The lowest BCUT2D eigenvalue weighted by atomic mass is 10.1. The van der Waals surface area contributed by atoms with E-state index in [2.05, 4.69) is 15.5 Å². The summed E-state index contributed by atoms with van der Waals surface area (Å²) in [5.74, 6) is 0.0129. The maximum Gasteiger partial charge on any atom is 0.259 e. The number of amides is 1. The Bertz CT molecular complexity index is 890. The van der Waals surface area contributed by atoms with Crippen molar-refractivity contribution in [3.8, 4) is 22.8 Å². The molecule has 1 aromatic heterocycles. The van der Waals surface area contributed by atoms with Gasteiger partial charge in [-0.3, -0.25) is 4.79 Å². The zero-order chi connectivity index (χ0) is 17.8. The summed E-state index contributed by atoms with van der Waals surface area (Å²) in [5.41, 5.74) is 1.20. The van der Waals surface area contributed by atoms with E-state index in [1.54, 1.807) is 42.5 Å². The molecule has 0 aliphatic rings. The Kier molecular flexibility index (Phi) is 4.88. The Morgan fingerprint density at radius 1 is 1.12 bits per heavy atom. The van der Waals surface area contributed by atoms with Crippen molar-refractivity contribution in [2.24, 2.45) is 5.92 Å². The maximum absolute atomic E-state index is 13.9. The Balaban J connectivity index is 1.93. The van der Waals surface area contributed by atoms with Gasteiger partial charge in [0.1, 0.15) is 5.82 Å². The fourth-order valence-corrected chi connectivity index (χ4v) is 2.34. The summed E-state index contributed by atoms with van der Waals surface area (Å²) >= 11 is 0. The molecule has 1 heterocycles. The van der Waals surface area contributed by atoms with Crippen LogP contribution in [0.4, 0.5) is 4.39 Å². The molecular formula is C19H18FN3O2. The quantitative estimate of drug-likeness (QED) is 0.765. The molecule has 6 heteroatoms. The van der Waals surface area contributed by atoms with Crippen LogP contribution in [0.1, 0.15) is 24.2 Å². The van der Waals surface area contributed by atoms with Crippen LogP contribution in [0.15, 0.2) is 53.1 Å². The van der Waals surface area contributed by atoms with Crippen molar-refractivity contribution in [3.05, 3.63) is 59.9 Å². The van der Waals surface area contributed by atoms with E-state index in [1.165, 1.54) is 6.07 Å². The van der Waals surface area contributed by atoms with Crippen LogP contribution < -0.4 is 5.32 Å². The molecule has 0 unspecified atom stereocenters. The molecule has 0 saturated heterocycles. The number of halogens is 1. The number of hydrogen-bond acceptors (Lipinski definition) is 4. The third-order valence-electron chi connectivity index (χ3n) is 3.61. The number of carbonyl (C=O) groups excluding carboxylic acids is 1. The highest BCUT2D eigenvalue weighted by atomic mass is 19.1. The van der Waals surface area contributed by atoms with E-state index >= 15 is 0 Å². The first kappa shape index (κ1) is 16.8. The molecule has 1 N–H and O–H groups in total. The first-order valence-corrected chi connectivity index (χ1v) is 8.02. The van der Waals surface area contributed by atoms with Gasteiger partial charge in [0, 0.05) is 6.54 Å². The number of aromatic nitrogens is 2. The van der Waals surface area contributed by atoms with Gasteiger partial charge in [-0.1, -0.05) is 43.3 Å². The van der Waals surface area contributed by atoms with Crippen LogP contribution in [0, 0.1) is 11.7 Å². The standard InChI is InChI=1S/C19H18FN3O2/c1-12(2)11-21-18(24)13-7-3-4-8-14(13)19-22-17(23-25-19)15-9-5-6-10-16(15)20/h3-10,12H,11H2,1-2H3,(H,21,24). The predicted octanol–water partition coefficient (Wildman–Crippen LogP) is 3.93. The topological polar surface area (TPSA) is 68.0 Å². The van der Waals surface area contributed by atoms with Gasteiger partial charge in [0.2, 0.25) is 5.82 Å². The van der Waals surface area contributed by atoms with E-state index in [0.29, 0.717) is 23.6 Å². The Hall–Kier alpha value is -3.02. The van der Waals surface area contributed by atoms with Crippen LogP contribution in [-0.4, -0.2) is 22.6 Å². The molecule has 0 spiro atoms. The zero-order valence-electron chi connectivity index (χ0n) is 14.0. The molecule has 1 amide bonds. The second-order valence-electron chi connectivity index (χ2n) is 6.05.